The summed E-state index contributed by atoms with van der Waals surface area (Å²) in [6.45, 7) is 5.42. The number of hydrogen-bond acceptors (Lipinski definition) is 4. The minimum absolute atomic E-state index is 0.220. The van der Waals surface area contributed by atoms with Gasteiger partial charge in [-0.1, -0.05) is 30.1 Å². The van der Waals surface area contributed by atoms with Crippen LogP contribution < -0.4 is 16.2 Å². The highest BCUT2D eigenvalue weighted by atomic mass is 35.5. The number of urea groups is 1. The third-order valence-corrected chi connectivity index (χ3v) is 4.75. The maximum Gasteiger partial charge on any atom is 0.324 e. The number of nitrogens with one attached hydrogen (secondary N) is 3. The van der Waals surface area contributed by atoms with Crippen molar-refractivity contribution < 1.29 is 4.79 Å². The first kappa shape index (κ1) is 19.9. The van der Waals surface area contributed by atoms with Crippen molar-refractivity contribution in [2.24, 2.45) is 0 Å². The molecular weight excluding hydrogens is 403 g/mol. The van der Waals surface area contributed by atoms with E-state index in [2.05, 4.69) is 25.7 Å². The van der Waals surface area contributed by atoms with Gasteiger partial charge in [-0.3, -0.25) is 15.1 Å². The Balaban J connectivity index is 1.87. The van der Waals surface area contributed by atoms with Gasteiger partial charge < -0.3 is 5.32 Å². The Hall–Kier alpha value is -2.84. The van der Waals surface area contributed by atoms with Gasteiger partial charge in [0.25, 0.3) is 5.56 Å². The molecule has 0 aliphatic rings. The lowest BCUT2D eigenvalue weighted by Crippen LogP contribution is -2.24. The number of amides is 2. The molecule has 0 aliphatic carbocycles. The number of aryl methyl sites for hydroxylation is 2. The smallest absolute Gasteiger partial charge is 0.308 e. The molecule has 0 saturated carbocycles. The summed E-state index contributed by atoms with van der Waals surface area (Å²) in [6.07, 6.45) is 0.573. The molecule has 3 rings (SSSR count). The number of carbonyl (C=O) groups is 1. The molecule has 8 nitrogen and oxygen atoms in total. The monoisotopic (exact) mass is 420 g/mol. The molecule has 3 N–H and O–H groups in total. The summed E-state index contributed by atoms with van der Waals surface area (Å²) < 4.78 is 1.37. The first-order valence-corrected chi connectivity index (χ1v) is 9.24. The van der Waals surface area contributed by atoms with E-state index >= 15 is 0 Å². The second kappa shape index (κ2) is 8.04. The van der Waals surface area contributed by atoms with Gasteiger partial charge in [-0.05, 0) is 38.5 Å². The van der Waals surface area contributed by atoms with Gasteiger partial charge in [-0.2, -0.15) is 9.78 Å². The highest BCUT2D eigenvalue weighted by Crippen LogP contribution is 2.25. The fraction of sp³-hybridized carbons (Fsp3) is 0.222. The zero-order valence-corrected chi connectivity index (χ0v) is 16.9. The molecule has 0 radical (unpaired) electrons. The van der Waals surface area contributed by atoms with E-state index in [9.17, 15) is 9.59 Å². The standard InChI is InChI=1S/C18H18Cl2N6O2/c1-4-12-10(3)21-17(24-16(12)27)26-15(7-9(2)25-26)23-18(28)22-11-5-6-13(19)14(20)8-11/h5-8H,4H2,1-3H3,(H,21,24,27)(H2,22,23,28). The maximum absolute atomic E-state index is 12.4. The predicted molar refractivity (Wildman–Crippen MR) is 110 cm³/mol. The normalized spacial score (nSPS) is 10.8. The van der Waals surface area contributed by atoms with Gasteiger partial charge in [0.2, 0.25) is 5.95 Å². The Morgan fingerprint density at radius 1 is 1.18 bits per heavy atom. The number of nitrogens with zero attached hydrogens (tertiary/aromatic N) is 3. The number of halogens is 2. The quantitative estimate of drug-likeness (QED) is 0.590. The van der Waals surface area contributed by atoms with Crippen molar-refractivity contribution in [1.29, 1.82) is 0 Å². The van der Waals surface area contributed by atoms with Crippen molar-refractivity contribution in [2.45, 2.75) is 27.2 Å². The third kappa shape index (κ3) is 4.18. The van der Waals surface area contributed by atoms with Crippen LogP contribution in [0.5, 0.6) is 0 Å². The summed E-state index contributed by atoms with van der Waals surface area (Å²) in [7, 11) is 0. The van der Waals surface area contributed by atoms with Crippen LogP contribution in [0.15, 0.2) is 29.1 Å². The number of aromatic amines is 1. The molecule has 0 unspecified atom stereocenters. The van der Waals surface area contributed by atoms with Gasteiger partial charge in [0.1, 0.15) is 5.82 Å². The number of anilines is 2. The van der Waals surface area contributed by atoms with Gasteiger partial charge in [-0.25, -0.2) is 9.78 Å². The van der Waals surface area contributed by atoms with Gasteiger partial charge in [0.15, 0.2) is 0 Å². The van der Waals surface area contributed by atoms with Crippen LogP contribution in [-0.4, -0.2) is 25.8 Å². The first-order chi connectivity index (χ1) is 13.3. The molecular formula is C18H18Cl2N6O2. The fourth-order valence-electron chi connectivity index (χ4n) is 2.71. The second-order valence-electron chi connectivity index (χ2n) is 6.10. The van der Waals surface area contributed by atoms with Gasteiger partial charge in [0.05, 0.1) is 15.7 Å². The SMILES string of the molecule is CCc1c(C)nc(-n2nc(C)cc2NC(=O)Nc2ccc(Cl)c(Cl)c2)[nH]c1=O. The Bertz CT molecular complexity index is 1110. The molecule has 0 bridgehead atoms. The number of H-pyrrole nitrogens is 1. The van der Waals surface area contributed by atoms with Crippen LogP contribution in [0.2, 0.25) is 10.0 Å². The van der Waals surface area contributed by atoms with Crippen LogP contribution in [0, 0.1) is 13.8 Å². The minimum Gasteiger partial charge on any atom is -0.308 e. The predicted octanol–water partition coefficient (Wildman–Crippen LogP) is 4.09. The zero-order valence-electron chi connectivity index (χ0n) is 15.4. The second-order valence-corrected chi connectivity index (χ2v) is 6.91. The molecule has 2 aromatic heterocycles. The van der Waals surface area contributed by atoms with E-state index in [1.165, 1.54) is 10.7 Å². The maximum atomic E-state index is 12.4. The van der Waals surface area contributed by atoms with E-state index in [4.69, 9.17) is 23.2 Å². The Morgan fingerprint density at radius 2 is 1.93 bits per heavy atom. The molecule has 2 amide bonds. The third-order valence-electron chi connectivity index (χ3n) is 4.01. The molecule has 0 aliphatic heterocycles. The molecule has 1 aromatic carbocycles. The summed E-state index contributed by atoms with van der Waals surface area (Å²) in [5.74, 6) is 0.569. The average molecular weight is 421 g/mol. The van der Waals surface area contributed by atoms with E-state index in [1.54, 1.807) is 32.0 Å². The van der Waals surface area contributed by atoms with E-state index in [-0.39, 0.29) is 11.5 Å². The summed E-state index contributed by atoms with van der Waals surface area (Å²) >= 11 is 11.8. The van der Waals surface area contributed by atoms with Gasteiger partial charge in [-0.15, -0.1) is 0 Å². The summed E-state index contributed by atoms with van der Waals surface area (Å²) in [6, 6.07) is 5.90. The van der Waals surface area contributed by atoms with Crippen molar-refractivity contribution in [3.8, 4) is 5.95 Å². The van der Waals surface area contributed by atoms with Crippen LogP contribution in [0.3, 0.4) is 0 Å². The lowest BCUT2D eigenvalue weighted by atomic mass is 10.2. The molecule has 146 valence electrons. The highest BCUT2D eigenvalue weighted by molar-refractivity contribution is 6.42. The van der Waals surface area contributed by atoms with Crippen LogP contribution in [0.4, 0.5) is 16.3 Å². The topological polar surface area (TPSA) is 105 Å². The van der Waals surface area contributed by atoms with E-state index < -0.39 is 6.03 Å². The van der Waals surface area contributed by atoms with Crippen molar-refractivity contribution >= 4 is 40.7 Å². The average Bonchev–Trinajstić information content (AvgIpc) is 2.98. The van der Waals surface area contributed by atoms with Crippen LogP contribution in [-0.2, 0) is 6.42 Å². The lowest BCUT2D eigenvalue weighted by molar-refractivity contribution is 0.262. The molecule has 0 spiro atoms. The molecule has 3 aromatic rings. The van der Waals surface area contributed by atoms with Crippen LogP contribution in [0.1, 0.15) is 23.9 Å². The van der Waals surface area contributed by atoms with Crippen LogP contribution >= 0.6 is 23.2 Å². The zero-order chi connectivity index (χ0) is 20.4. The van der Waals surface area contributed by atoms with E-state index in [0.29, 0.717) is 44.9 Å². The molecule has 0 saturated heterocycles. The van der Waals surface area contributed by atoms with Crippen LogP contribution in [0.25, 0.3) is 5.95 Å². The van der Waals surface area contributed by atoms with Crippen molar-refractivity contribution in [2.75, 3.05) is 10.6 Å². The van der Waals surface area contributed by atoms with Gasteiger partial charge in [0, 0.05) is 23.0 Å². The van der Waals surface area contributed by atoms with Crippen molar-refractivity contribution in [3.05, 3.63) is 61.6 Å². The Morgan fingerprint density at radius 3 is 2.57 bits per heavy atom. The number of benzene rings is 1. The van der Waals surface area contributed by atoms with E-state index in [0.717, 1.165) is 0 Å². The first-order valence-electron chi connectivity index (χ1n) is 8.48. The fourth-order valence-corrected chi connectivity index (χ4v) is 3.01. The minimum atomic E-state index is -0.510. The largest absolute Gasteiger partial charge is 0.324 e. The molecule has 28 heavy (non-hydrogen) atoms. The number of hydrogen-bond donors (Lipinski definition) is 3. The van der Waals surface area contributed by atoms with E-state index in [1.807, 2.05) is 6.92 Å². The molecule has 0 fully saturated rings. The van der Waals surface area contributed by atoms with Gasteiger partial charge >= 0.3 is 6.03 Å². The Kier molecular flexibility index (Phi) is 5.71. The lowest BCUT2D eigenvalue weighted by Gasteiger charge is -2.11. The number of carbonyl (C=O) groups excluding carboxylic acids is 1. The molecule has 0 atom stereocenters. The number of aromatic nitrogens is 4. The van der Waals surface area contributed by atoms with Crippen molar-refractivity contribution in [3.63, 3.8) is 0 Å². The van der Waals surface area contributed by atoms with Crippen molar-refractivity contribution in [1.82, 2.24) is 19.7 Å². The molecule has 10 heteroatoms. The highest BCUT2D eigenvalue weighted by Gasteiger charge is 2.15. The summed E-state index contributed by atoms with van der Waals surface area (Å²) in [5, 5.41) is 10.4. The number of rotatable bonds is 4. The summed E-state index contributed by atoms with van der Waals surface area (Å²) in [4.78, 5) is 31.7. The summed E-state index contributed by atoms with van der Waals surface area (Å²) in [5.41, 5.74) is 2.11. The molecule has 2 heterocycles. The Labute approximate surface area is 170 Å².